The lowest BCUT2D eigenvalue weighted by atomic mass is 10.1. The molecule has 0 bridgehead atoms. The second kappa shape index (κ2) is 9.92. The molecule has 0 fully saturated rings. The monoisotopic (exact) mass is 484 g/mol. The van der Waals surface area contributed by atoms with E-state index in [0.29, 0.717) is 12.2 Å². The number of hydrogen-bond acceptors (Lipinski definition) is 6. The maximum Gasteiger partial charge on any atom is 0.453 e. The molecule has 6 nitrogen and oxygen atoms in total. The van der Waals surface area contributed by atoms with E-state index in [0.717, 1.165) is 11.6 Å². The first-order chi connectivity index (χ1) is 16.7. The highest BCUT2D eigenvalue weighted by Crippen LogP contribution is 2.38. The van der Waals surface area contributed by atoms with Crippen molar-refractivity contribution in [3.8, 4) is 23.0 Å². The molecule has 4 aromatic rings. The van der Waals surface area contributed by atoms with Crippen molar-refractivity contribution in [1.82, 2.24) is 0 Å². The maximum atomic E-state index is 13.7. The first-order valence-electron chi connectivity index (χ1n) is 10.5. The number of alkyl halides is 3. The summed E-state index contributed by atoms with van der Waals surface area (Å²) < 4.78 is 61.7. The summed E-state index contributed by atoms with van der Waals surface area (Å²) in [5.74, 6) is -2.76. The summed E-state index contributed by atoms with van der Waals surface area (Å²) in [5.41, 5.74) is -0.470. The van der Waals surface area contributed by atoms with Gasteiger partial charge in [-0.2, -0.15) is 13.2 Å². The smallest absolute Gasteiger partial charge is 0.453 e. The van der Waals surface area contributed by atoms with Gasteiger partial charge in [0.2, 0.25) is 11.2 Å². The van der Waals surface area contributed by atoms with Gasteiger partial charge in [-0.25, -0.2) is 0 Å². The number of halogens is 3. The molecule has 4 rings (SSSR count). The largest absolute Gasteiger partial charge is 0.497 e. The Kier molecular flexibility index (Phi) is 6.77. The molecule has 0 amide bonds. The molecule has 0 saturated heterocycles. The third-order valence-electron chi connectivity index (χ3n) is 5.05. The van der Waals surface area contributed by atoms with Gasteiger partial charge in [-0.3, -0.25) is 9.59 Å². The van der Waals surface area contributed by atoms with Gasteiger partial charge in [-0.15, -0.1) is 0 Å². The van der Waals surface area contributed by atoms with Crippen LogP contribution in [-0.4, -0.2) is 13.1 Å². The van der Waals surface area contributed by atoms with E-state index in [9.17, 15) is 22.8 Å². The molecule has 0 aliphatic rings. The van der Waals surface area contributed by atoms with Crippen LogP contribution in [0.3, 0.4) is 0 Å². The van der Waals surface area contributed by atoms with Gasteiger partial charge in [0.05, 0.1) is 12.5 Å². The van der Waals surface area contributed by atoms with E-state index in [1.165, 1.54) is 43.5 Å². The number of ether oxygens (including phenoxy) is 3. The fourth-order valence-corrected chi connectivity index (χ4v) is 3.33. The molecule has 0 unspecified atom stereocenters. The Hall–Kier alpha value is -4.27. The Morgan fingerprint density at radius 1 is 0.914 bits per heavy atom. The second-order valence-corrected chi connectivity index (χ2v) is 7.48. The van der Waals surface area contributed by atoms with Gasteiger partial charge in [0.15, 0.2) is 0 Å². The molecule has 1 heterocycles. The van der Waals surface area contributed by atoms with Crippen LogP contribution in [0.2, 0.25) is 0 Å². The minimum absolute atomic E-state index is 0.00748. The standard InChI is InChI=1S/C26H19F3O6/c1-32-17-8-10-18(11-9-17)34-24-23(31)20-13-12-19(15-21(20)35-25(24)26(27,28)29)33-22(30)14-7-16-5-3-2-4-6-16/h2-6,8-13,15H,7,14H2,1H3. The number of esters is 1. The predicted octanol–water partition coefficient (Wildman–Crippen LogP) is 6.15. The first kappa shape index (κ1) is 23.9. The number of carbonyl (C=O) groups is 1. The van der Waals surface area contributed by atoms with Crippen molar-refractivity contribution in [2.45, 2.75) is 19.0 Å². The van der Waals surface area contributed by atoms with Gasteiger partial charge in [-0.1, -0.05) is 30.3 Å². The minimum Gasteiger partial charge on any atom is -0.497 e. The molecule has 1 aromatic heterocycles. The van der Waals surface area contributed by atoms with Crippen molar-refractivity contribution < 1.29 is 36.6 Å². The van der Waals surface area contributed by atoms with Crippen molar-refractivity contribution in [3.63, 3.8) is 0 Å². The highest BCUT2D eigenvalue weighted by Gasteiger charge is 2.40. The summed E-state index contributed by atoms with van der Waals surface area (Å²) in [6.45, 7) is 0. The Balaban J connectivity index is 1.62. The summed E-state index contributed by atoms with van der Waals surface area (Å²) in [6.07, 6.45) is -4.52. The normalized spacial score (nSPS) is 11.3. The second-order valence-electron chi connectivity index (χ2n) is 7.48. The fourth-order valence-electron chi connectivity index (χ4n) is 3.33. The van der Waals surface area contributed by atoms with Crippen LogP contribution in [0.25, 0.3) is 11.0 Å². The third kappa shape index (κ3) is 5.63. The number of hydrogen-bond donors (Lipinski definition) is 0. The third-order valence-corrected chi connectivity index (χ3v) is 5.05. The average molecular weight is 484 g/mol. The molecule has 0 atom stereocenters. The average Bonchev–Trinajstić information content (AvgIpc) is 2.84. The van der Waals surface area contributed by atoms with Crippen molar-refractivity contribution in [2.24, 2.45) is 0 Å². The van der Waals surface area contributed by atoms with Gasteiger partial charge in [0.25, 0.3) is 5.76 Å². The predicted molar refractivity (Wildman–Crippen MR) is 121 cm³/mol. The summed E-state index contributed by atoms with van der Waals surface area (Å²) in [4.78, 5) is 25.1. The summed E-state index contributed by atoms with van der Waals surface area (Å²) >= 11 is 0. The number of carbonyl (C=O) groups excluding carboxylic acids is 1. The number of aryl methyl sites for hydroxylation is 1. The number of methoxy groups -OCH3 is 1. The highest BCUT2D eigenvalue weighted by atomic mass is 19.4. The lowest BCUT2D eigenvalue weighted by molar-refractivity contribution is -0.154. The van der Waals surface area contributed by atoms with Gasteiger partial charge >= 0.3 is 12.1 Å². The molecule has 35 heavy (non-hydrogen) atoms. The van der Waals surface area contributed by atoms with E-state index >= 15 is 0 Å². The summed E-state index contributed by atoms with van der Waals surface area (Å²) in [7, 11) is 1.43. The fraction of sp³-hybridized carbons (Fsp3) is 0.154. The Morgan fingerprint density at radius 3 is 2.23 bits per heavy atom. The zero-order valence-corrected chi connectivity index (χ0v) is 18.4. The van der Waals surface area contributed by atoms with E-state index in [1.807, 2.05) is 30.3 Å². The molecule has 9 heteroatoms. The Bertz CT molecular complexity index is 1390. The van der Waals surface area contributed by atoms with Crippen molar-refractivity contribution in [2.75, 3.05) is 7.11 Å². The molecule has 180 valence electrons. The number of rotatable bonds is 7. The molecule has 0 saturated carbocycles. The molecule has 0 radical (unpaired) electrons. The molecule has 0 spiro atoms. The molecule has 0 aliphatic carbocycles. The lowest BCUT2D eigenvalue weighted by Gasteiger charge is -2.14. The first-order valence-corrected chi connectivity index (χ1v) is 10.5. The van der Waals surface area contributed by atoms with Gasteiger partial charge in [0.1, 0.15) is 22.8 Å². The summed E-state index contributed by atoms with van der Waals surface area (Å²) in [6, 6.07) is 18.6. The van der Waals surface area contributed by atoms with Crippen molar-refractivity contribution in [1.29, 1.82) is 0 Å². The van der Waals surface area contributed by atoms with E-state index < -0.39 is 34.7 Å². The van der Waals surface area contributed by atoms with E-state index in [2.05, 4.69) is 0 Å². The van der Waals surface area contributed by atoms with Crippen molar-refractivity contribution in [3.05, 3.63) is 94.3 Å². The van der Waals surface area contributed by atoms with Crippen molar-refractivity contribution >= 4 is 16.9 Å². The van der Waals surface area contributed by atoms with Crippen LogP contribution in [0.5, 0.6) is 23.0 Å². The van der Waals surface area contributed by atoms with E-state index in [4.69, 9.17) is 18.6 Å². The summed E-state index contributed by atoms with van der Waals surface area (Å²) in [5, 5.41) is -0.161. The van der Waals surface area contributed by atoms with Crippen LogP contribution in [0, 0.1) is 0 Å². The Labute approximate surface area is 197 Å². The number of fused-ring (bicyclic) bond motifs is 1. The molecule has 0 aliphatic heterocycles. The number of benzene rings is 3. The quantitative estimate of drug-likeness (QED) is 0.231. The maximum absolute atomic E-state index is 13.7. The lowest BCUT2D eigenvalue weighted by Crippen LogP contribution is -2.15. The van der Waals surface area contributed by atoms with Gasteiger partial charge in [-0.05, 0) is 48.4 Å². The topological polar surface area (TPSA) is 75.0 Å². The Morgan fingerprint density at radius 2 is 1.57 bits per heavy atom. The zero-order valence-electron chi connectivity index (χ0n) is 18.4. The zero-order chi connectivity index (χ0) is 25.0. The van der Waals surface area contributed by atoms with Crippen LogP contribution in [0.4, 0.5) is 13.2 Å². The van der Waals surface area contributed by atoms with Gasteiger partial charge < -0.3 is 18.6 Å². The van der Waals surface area contributed by atoms with E-state index in [1.54, 1.807) is 0 Å². The van der Waals surface area contributed by atoms with Crippen LogP contribution in [-0.2, 0) is 17.4 Å². The SMILES string of the molecule is COc1ccc(Oc2c(C(F)(F)F)oc3cc(OC(=O)CCc4ccccc4)ccc3c2=O)cc1. The highest BCUT2D eigenvalue weighted by molar-refractivity contribution is 5.81. The van der Waals surface area contributed by atoms with Crippen LogP contribution in [0.15, 0.2) is 82.0 Å². The molecular weight excluding hydrogens is 465 g/mol. The van der Waals surface area contributed by atoms with Crippen LogP contribution in [0.1, 0.15) is 17.7 Å². The van der Waals surface area contributed by atoms with Gasteiger partial charge in [0, 0.05) is 12.5 Å². The van der Waals surface area contributed by atoms with Crippen LogP contribution < -0.4 is 19.6 Å². The molecular formula is C26H19F3O6. The molecule has 3 aromatic carbocycles. The van der Waals surface area contributed by atoms with E-state index in [-0.39, 0.29) is 23.3 Å². The minimum atomic E-state index is -5.02. The van der Waals surface area contributed by atoms with Crippen LogP contribution >= 0.6 is 0 Å². The molecule has 0 N–H and O–H groups in total.